The van der Waals surface area contributed by atoms with Gasteiger partial charge in [-0.25, -0.2) is 0 Å². The molecule has 2 aromatic carbocycles. The Kier molecular flexibility index (Phi) is 6.59. The van der Waals surface area contributed by atoms with Crippen LogP contribution in [0.2, 0.25) is 0 Å². The van der Waals surface area contributed by atoms with E-state index < -0.39 is 0 Å². The number of benzene rings is 2. The van der Waals surface area contributed by atoms with Crippen molar-refractivity contribution in [1.82, 2.24) is 0 Å². The smallest absolute Gasteiger partial charge is 0.00661 e. The average molecular weight is 437 g/mol. The molecule has 0 amide bonds. The molecule has 0 spiro atoms. The van der Waals surface area contributed by atoms with Crippen molar-refractivity contribution in [3.05, 3.63) is 51.1 Å². The molecular weight excluding hydrogens is 391 g/mol. The van der Waals surface area contributed by atoms with Crippen LogP contribution in [-0.2, 0) is 6.42 Å². The fraction of sp³-hybridized carbons (Fsp3) is 0.600. The first-order chi connectivity index (χ1) is 14.2. The minimum Gasteiger partial charge on any atom is -0.0630 e. The molecule has 0 saturated heterocycles. The van der Waals surface area contributed by atoms with Gasteiger partial charge in [0, 0.05) is 0 Å². The van der Waals surface area contributed by atoms with Gasteiger partial charge in [0.2, 0.25) is 0 Å². The van der Waals surface area contributed by atoms with Crippen LogP contribution in [0.15, 0.2) is 12.1 Å². The van der Waals surface area contributed by atoms with E-state index in [1.54, 1.807) is 33.1 Å². The molecule has 1 unspecified atom stereocenters. The van der Waals surface area contributed by atoms with Gasteiger partial charge in [-0.15, -0.1) is 0 Å². The third-order valence-electron chi connectivity index (χ3n) is 7.66. The van der Waals surface area contributed by atoms with Crippen LogP contribution in [0.4, 0.5) is 0 Å². The first-order valence-electron chi connectivity index (χ1n) is 12.2. The Morgan fingerprint density at radius 1 is 0.839 bits per heavy atom. The van der Waals surface area contributed by atoms with Crippen LogP contribution in [0.25, 0.3) is 11.1 Å². The molecule has 0 radical (unpaired) electrons. The van der Waals surface area contributed by atoms with Crippen LogP contribution >= 0.6 is 7.92 Å². The van der Waals surface area contributed by atoms with Gasteiger partial charge >= 0.3 is 0 Å². The standard InChI is InChI=1S/C30H45P/c1-18(2)25-17-19(3)16-24-14-13-15-30(11,12)31(29(8,9)10)28-23(7)21(5)20(4)22(6)26(28)27(24)25/h16-18H,13-15H2,1-12H3. The highest BCUT2D eigenvalue weighted by Gasteiger charge is 2.42. The minimum absolute atomic E-state index is 0.264. The van der Waals surface area contributed by atoms with Gasteiger partial charge in [-0.05, 0) is 120 Å². The first kappa shape index (κ1) is 24.5. The average Bonchev–Trinajstić information content (AvgIpc) is 2.68. The molecule has 1 atom stereocenters. The molecule has 31 heavy (non-hydrogen) atoms. The largest absolute Gasteiger partial charge is 0.0630 e. The van der Waals surface area contributed by atoms with Crippen LogP contribution in [0.3, 0.4) is 0 Å². The number of aryl methyl sites for hydroxylation is 2. The van der Waals surface area contributed by atoms with Crippen molar-refractivity contribution in [2.45, 2.75) is 119 Å². The van der Waals surface area contributed by atoms with E-state index in [9.17, 15) is 0 Å². The lowest BCUT2D eigenvalue weighted by atomic mass is 9.81. The second kappa shape index (κ2) is 8.33. The molecule has 1 aliphatic heterocycles. The number of rotatable bonds is 1. The minimum atomic E-state index is -0.362. The Balaban J connectivity index is 2.62. The summed E-state index contributed by atoms with van der Waals surface area (Å²) in [5.74, 6) is 0.525. The van der Waals surface area contributed by atoms with Crippen LogP contribution in [-0.4, -0.2) is 10.3 Å². The Morgan fingerprint density at radius 2 is 1.42 bits per heavy atom. The van der Waals surface area contributed by atoms with E-state index in [1.807, 2.05) is 0 Å². The zero-order valence-corrected chi connectivity index (χ0v) is 23.2. The van der Waals surface area contributed by atoms with Gasteiger partial charge in [-0.1, -0.05) is 74.1 Å². The van der Waals surface area contributed by atoms with Gasteiger partial charge in [0.15, 0.2) is 0 Å². The van der Waals surface area contributed by atoms with E-state index in [4.69, 9.17) is 0 Å². The van der Waals surface area contributed by atoms with E-state index in [1.165, 1.54) is 41.5 Å². The molecule has 0 aromatic heterocycles. The summed E-state index contributed by atoms with van der Waals surface area (Å²) in [5, 5.41) is 2.28. The second-order valence-corrected chi connectivity index (χ2v) is 15.6. The van der Waals surface area contributed by atoms with E-state index in [2.05, 4.69) is 95.2 Å². The molecule has 170 valence electrons. The molecule has 0 aliphatic carbocycles. The highest BCUT2D eigenvalue weighted by atomic mass is 31.1. The molecular formula is C30H45P. The van der Waals surface area contributed by atoms with Crippen molar-refractivity contribution in [3.8, 4) is 11.1 Å². The van der Waals surface area contributed by atoms with Crippen molar-refractivity contribution >= 4 is 13.2 Å². The molecule has 1 heterocycles. The van der Waals surface area contributed by atoms with Crippen molar-refractivity contribution in [2.75, 3.05) is 0 Å². The monoisotopic (exact) mass is 436 g/mol. The molecule has 2 aromatic rings. The van der Waals surface area contributed by atoms with E-state index in [0.717, 1.165) is 0 Å². The lowest BCUT2D eigenvalue weighted by Crippen LogP contribution is -2.35. The van der Waals surface area contributed by atoms with Gasteiger partial charge < -0.3 is 0 Å². The predicted octanol–water partition coefficient (Wildman–Crippen LogP) is 9.04. The van der Waals surface area contributed by atoms with E-state index in [0.29, 0.717) is 11.1 Å². The Bertz CT molecular complexity index is 999. The van der Waals surface area contributed by atoms with Crippen molar-refractivity contribution < 1.29 is 0 Å². The zero-order chi connectivity index (χ0) is 23.5. The Labute approximate surface area is 194 Å². The van der Waals surface area contributed by atoms with Crippen LogP contribution in [0, 0.1) is 34.6 Å². The molecule has 0 saturated carbocycles. The van der Waals surface area contributed by atoms with Crippen molar-refractivity contribution in [2.24, 2.45) is 0 Å². The molecule has 0 N–H and O–H groups in total. The fourth-order valence-corrected chi connectivity index (χ4v) is 10.6. The molecule has 0 bridgehead atoms. The maximum atomic E-state index is 2.56. The van der Waals surface area contributed by atoms with Gasteiger partial charge in [0.25, 0.3) is 0 Å². The lowest BCUT2D eigenvalue weighted by molar-refractivity contribution is 0.579. The molecule has 0 nitrogen and oxygen atoms in total. The third kappa shape index (κ3) is 4.27. The summed E-state index contributed by atoms with van der Waals surface area (Å²) in [6.07, 6.45) is 3.77. The van der Waals surface area contributed by atoms with Crippen molar-refractivity contribution in [3.63, 3.8) is 0 Å². The third-order valence-corrected chi connectivity index (χ3v) is 11.4. The first-order valence-corrected chi connectivity index (χ1v) is 13.6. The Hall–Kier alpha value is -1.13. The van der Waals surface area contributed by atoms with Crippen LogP contribution in [0.5, 0.6) is 0 Å². The highest BCUT2D eigenvalue weighted by molar-refractivity contribution is 7.69. The quantitative estimate of drug-likeness (QED) is 0.391. The van der Waals surface area contributed by atoms with Gasteiger partial charge in [0.1, 0.15) is 0 Å². The second-order valence-electron chi connectivity index (χ2n) is 11.9. The van der Waals surface area contributed by atoms with Crippen LogP contribution in [0.1, 0.15) is 106 Å². The summed E-state index contributed by atoms with van der Waals surface area (Å²) in [6.45, 7) is 29.1. The number of hydrogen-bond donors (Lipinski definition) is 0. The predicted molar refractivity (Wildman–Crippen MR) is 143 cm³/mol. The van der Waals surface area contributed by atoms with E-state index in [-0.39, 0.29) is 13.1 Å². The summed E-state index contributed by atoms with van der Waals surface area (Å²) < 4.78 is 0. The maximum absolute atomic E-state index is 2.56. The number of hydrogen-bond acceptors (Lipinski definition) is 0. The number of fused-ring (bicyclic) bond motifs is 3. The summed E-state index contributed by atoms with van der Waals surface area (Å²) in [5.41, 5.74) is 13.8. The lowest BCUT2D eigenvalue weighted by Gasteiger charge is -2.46. The Morgan fingerprint density at radius 3 is 1.97 bits per heavy atom. The van der Waals surface area contributed by atoms with Gasteiger partial charge in [0.05, 0.1) is 0 Å². The molecule has 3 rings (SSSR count). The van der Waals surface area contributed by atoms with Gasteiger partial charge in [-0.3, -0.25) is 0 Å². The molecule has 1 aliphatic rings. The maximum Gasteiger partial charge on any atom is -0.00661 e. The van der Waals surface area contributed by atoms with Crippen molar-refractivity contribution in [1.29, 1.82) is 0 Å². The zero-order valence-electron chi connectivity index (χ0n) is 22.3. The highest BCUT2D eigenvalue weighted by Crippen LogP contribution is 2.63. The van der Waals surface area contributed by atoms with Crippen LogP contribution < -0.4 is 5.30 Å². The topological polar surface area (TPSA) is 0 Å². The summed E-state index contributed by atoms with van der Waals surface area (Å²) >= 11 is 0. The normalized spacial score (nSPS) is 18.8. The summed E-state index contributed by atoms with van der Waals surface area (Å²) in [6, 6.07) is 4.96. The molecule has 0 fully saturated rings. The molecule has 1 heteroatoms. The van der Waals surface area contributed by atoms with E-state index >= 15 is 0 Å². The summed E-state index contributed by atoms with van der Waals surface area (Å²) in [7, 11) is -0.362. The summed E-state index contributed by atoms with van der Waals surface area (Å²) in [4.78, 5) is 0. The fourth-order valence-electron chi connectivity index (χ4n) is 6.10. The SMILES string of the molecule is Cc1cc2c(c(C(C)C)c1)-c1c(C)c(C)c(C)c(C)c1P(C(C)(C)C)C(C)(C)CCC2. The van der Waals surface area contributed by atoms with Gasteiger partial charge in [-0.2, -0.15) is 0 Å².